The second-order valence-electron chi connectivity index (χ2n) is 3.69. The number of ether oxygens (including phenoxy) is 1. The summed E-state index contributed by atoms with van der Waals surface area (Å²) in [6.07, 6.45) is -0.0252. The zero-order chi connectivity index (χ0) is 9.84. The third-order valence-electron chi connectivity index (χ3n) is 2.13. The molecule has 4 heteroatoms. The molecule has 4 nitrogen and oxygen atoms in total. The van der Waals surface area contributed by atoms with Gasteiger partial charge in [0.25, 0.3) is 0 Å². The molecule has 1 rings (SSSR count). The Morgan fingerprint density at radius 3 is 2.85 bits per heavy atom. The largest absolute Gasteiger partial charge is 0.462 e. The molecule has 1 N–H and O–H groups in total. The van der Waals surface area contributed by atoms with E-state index >= 15 is 0 Å². The van der Waals surface area contributed by atoms with Gasteiger partial charge in [0.2, 0.25) is 0 Å². The molecule has 0 aliphatic carbocycles. The van der Waals surface area contributed by atoms with E-state index in [0.29, 0.717) is 6.54 Å². The molecule has 0 saturated carbocycles. The van der Waals surface area contributed by atoms with E-state index in [1.54, 1.807) is 0 Å². The van der Waals surface area contributed by atoms with Crippen LogP contribution in [-0.4, -0.2) is 49.7 Å². The van der Waals surface area contributed by atoms with Crippen LogP contribution in [0.2, 0.25) is 0 Å². The van der Waals surface area contributed by atoms with Crippen molar-refractivity contribution in [3.63, 3.8) is 0 Å². The van der Waals surface area contributed by atoms with Crippen molar-refractivity contribution in [1.82, 2.24) is 10.2 Å². The summed E-state index contributed by atoms with van der Waals surface area (Å²) in [6.45, 7) is 6.28. The maximum atomic E-state index is 11.5. The van der Waals surface area contributed by atoms with E-state index in [1.165, 1.54) is 0 Å². The van der Waals surface area contributed by atoms with Gasteiger partial charge in [0.05, 0.1) is 6.10 Å². The van der Waals surface area contributed by atoms with Gasteiger partial charge in [0, 0.05) is 19.6 Å². The highest BCUT2D eigenvalue weighted by Crippen LogP contribution is 2.03. The second-order valence-corrected chi connectivity index (χ2v) is 3.69. The molecule has 76 valence electrons. The standard InChI is InChI=1S/C9H18N2O2/c1-7(2)13-9(12)8-6-10-4-5-11(8)3/h7-8,10H,4-6H2,1-3H3. The van der Waals surface area contributed by atoms with Gasteiger partial charge in [0.15, 0.2) is 0 Å². The van der Waals surface area contributed by atoms with Crippen molar-refractivity contribution >= 4 is 5.97 Å². The molecular formula is C9H18N2O2. The molecule has 0 radical (unpaired) electrons. The fourth-order valence-corrected chi connectivity index (χ4v) is 1.38. The van der Waals surface area contributed by atoms with Crippen LogP contribution in [0.4, 0.5) is 0 Å². The lowest BCUT2D eigenvalue weighted by Gasteiger charge is -2.31. The van der Waals surface area contributed by atoms with E-state index in [0.717, 1.165) is 13.1 Å². The molecule has 1 fully saturated rings. The fourth-order valence-electron chi connectivity index (χ4n) is 1.38. The Morgan fingerprint density at radius 1 is 1.62 bits per heavy atom. The topological polar surface area (TPSA) is 41.6 Å². The predicted octanol–water partition coefficient (Wildman–Crippen LogP) is -0.158. The molecule has 1 atom stereocenters. The molecule has 1 unspecified atom stereocenters. The van der Waals surface area contributed by atoms with Crippen LogP contribution in [-0.2, 0) is 9.53 Å². The summed E-state index contributed by atoms with van der Waals surface area (Å²) in [4.78, 5) is 13.5. The van der Waals surface area contributed by atoms with E-state index in [1.807, 2.05) is 25.8 Å². The first-order valence-corrected chi connectivity index (χ1v) is 4.72. The van der Waals surface area contributed by atoms with Gasteiger partial charge in [-0.05, 0) is 20.9 Å². The van der Waals surface area contributed by atoms with Gasteiger partial charge in [-0.2, -0.15) is 0 Å². The number of likely N-dealkylation sites (N-methyl/N-ethyl adjacent to an activating group) is 1. The van der Waals surface area contributed by atoms with Crippen LogP contribution < -0.4 is 5.32 Å². The molecule has 0 spiro atoms. The van der Waals surface area contributed by atoms with Gasteiger partial charge in [-0.15, -0.1) is 0 Å². The van der Waals surface area contributed by atoms with Crippen LogP contribution in [0.5, 0.6) is 0 Å². The first-order chi connectivity index (χ1) is 6.11. The second kappa shape index (κ2) is 4.58. The van der Waals surface area contributed by atoms with Gasteiger partial charge in [-0.3, -0.25) is 9.69 Å². The lowest BCUT2D eigenvalue weighted by atomic mass is 10.2. The van der Waals surface area contributed by atoms with E-state index < -0.39 is 0 Å². The lowest BCUT2D eigenvalue weighted by molar-refractivity contribution is -0.153. The van der Waals surface area contributed by atoms with Crippen LogP contribution in [0.25, 0.3) is 0 Å². The van der Waals surface area contributed by atoms with Crippen molar-refractivity contribution in [3.05, 3.63) is 0 Å². The number of hydrogen-bond acceptors (Lipinski definition) is 4. The summed E-state index contributed by atoms with van der Waals surface area (Å²) in [5.41, 5.74) is 0. The molecule has 0 amide bonds. The third kappa shape index (κ3) is 2.97. The molecule has 13 heavy (non-hydrogen) atoms. The molecule has 1 aliphatic heterocycles. The van der Waals surface area contributed by atoms with Gasteiger partial charge in [-0.1, -0.05) is 0 Å². The van der Waals surface area contributed by atoms with Crippen molar-refractivity contribution in [3.8, 4) is 0 Å². The summed E-state index contributed by atoms with van der Waals surface area (Å²) in [5.74, 6) is -0.121. The van der Waals surface area contributed by atoms with E-state index in [-0.39, 0.29) is 18.1 Å². The zero-order valence-electron chi connectivity index (χ0n) is 8.54. The van der Waals surface area contributed by atoms with Crippen LogP contribution in [0.15, 0.2) is 0 Å². The fraction of sp³-hybridized carbons (Fsp3) is 0.889. The van der Waals surface area contributed by atoms with Crippen LogP contribution in [0, 0.1) is 0 Å². The Balaban J connectivity index is 2.44. The Labute approximate surface area is 79.2 Å². The predicted molar refractivity (Wildman–Crippen MR) is 50.5 cm³/mol. The summed E-state index contributed by atoms with van der Waals surface area (Å²) < 4.78 is 5.14. The van der Waals surface area contributed by atoms with Crippen molar-refractivity contribution in [2.45, 2.75) is 26.0 Å². The average molecular weight is 186 g/mol. The highest BCUT2D eigenvalue weighted by atomic mass is 16.5. The molecule has 1 saturated heterocycles. The molecular weight excluding hydrogens is 168 g/mol. The summed E-state index contributed by atoms with van der Waals surface area (Å²) >= 11 is 0. The smallest absolute Gasteiger partial charge is 0.324 e. The van der Waals surface area contributed by atoms with Crippen molar-refractivity contribution in [2.75, 3.05) is 26.7 Å². The maximum absolute atomic E-state index is 11.5. The average Bonchev–Trinajstić information content (AvgIpc) is 2.03. The number of rotatable bonds is 2. The van der Waals surface area contributed by atoms with Crippen LogP contribution in [0.3, 0.4) is 0 Å². The monoisotopic (exact) mass is 186 g/mol. The van der Waals surface area contributed by atoms with Crippen molar-refractivity contribution in [1.29, 1.82) is 0 Å². The normalized spacial score (nSPS) is 24.8. The quantitative estimate of drug-likeness (QED) is 0.609. The minimum Gasteiger partial charge on any atom is -0.462 e. The molecule has 0 aromatic heterocycles. The Kier molecular flexibility index (Phi) is 3.69. The SMILES string of the molecule is CC(C)OC(=O)C1CNCCN1C. The molecule has 1 aliphatic rings. The van der Waals surface area contributed by atoms with Crippen molar-refractivity contribution < 1.29 is 9.53 Å². The molecule has 0 bridgehead atoms. The molecule has 0 aromatic carbocycles. The van der Waals surface area contributed by atoms with Crippen molar-refractivity contribution in [2.24, 2.45) is 0 Å². The highest BCUT2D eigenvalue weighted by Gasteiger charge is 2.27. The van der Waals surface area contributed by atoms with Gasteiger partial charge >= 0.3 is 5.97 Å². The minimum absolute atomic E-state index is 0.0252. The third-order valence-corrected chi connectivity index (χ3v) is 2.13. The molecule has 1 heterocycles. The van der Waals surface area contributed by atoms with Gasteiger partial charge in [0.1, 0.15) is 6.04 Å². The first kappa shape index (κ1) is 10.5. The number of carbonyl (C=O) groups is 1. The number of esters is 1. The first-order valence-electron chi connectivity index (χ1n) is 4.72. The van der Waals surface area contributed by atoms with Crippen LogP contribution in [0.1, 0.15) is 13.8 Å². The van der Waals surface area contributed by atoms with E-state index in [2.05, 4.69) is 5.32 Å². The minimum atomic E-state index is -0.121. The Bertz CT molecular complexity index is 182. The Morgan fingerprint density at radius 2 is 2.31 bits per heavy atom. The molecule has 0 aromatic rings. The Hall–Kier alpha value is -0.610. The summed E-state index contributed by atoms with van der Waals surface area (Å²) in [5, 5.41) is 3.18. The van der Waals surface area contributed by atoms with Gasteiger partial charge < -0.3 is 10.1 Å². The number of carbonyl (C=O) groups excluding carboxylic acids is 1. The zero-order valence-corrected chi connectivity index (χ0v) is 8.54. The van der Waals surface area contributed by atoms with E-state index in [4.69, 9.17) is 4.74 Å². The lowest BCUT2D eigenvalue weighted by Crippen LogP contribution is -2.53. The van der Waals surface area contributed by atoms with Gasteiger partial charge in [-0.25, -0.2) is 0 Å². The van der Waals surface area contributed by atoms with E-state index in [9.17, 15) is 4.79 Å². The number of hydrogen-bond donors (Lipinski definition) is 1. The number of piperazine rings is 1. The number of nitrogens with one attached hydrogen (secondary N) is 1. The highest BCUT2D eigenvalue weighted by molar-refractivity contribution is 5.76. The summed E-state index contributed by atoms with van der Waals surface area (Å²) in [7, 11) is 1.95. The maximum Gasteiger partial charge on any atom is 0.324 e. The van der Waals surface area contributed by atoms with Crippen LogP contribution >= 0.6 is 0 Å². The number of nitrogens with zero attached hydrogens (tertiary/aromatic N) is 1. The summed E-state index contributed by atoms with van der Waals surface area (Å²) in [6, 6.07) is -0.115.